The largest absolute Gasteiger partial charge is 0.483 e. The molecule has 3 nitrogen and oxygen atoms in total. The maximum absolute atomic E-state index is 12.0. The van der Waals surface area contributed by atoms with E-state index in [1.54, 1.807) is 18.2 Å². The molecule has 24 heavy (non-hydrogen) atoms. The predicted octanol–water partition coefficient (Wildman–Crippen LogP) is 6.29. The van der Waals surface area contributed by atoms with Crippen LogP contribution >= 0.6 is 39.1 Å². The summed E-state index contributed by atoms with van der Waals surface area (Å²) in [6.07, 6.45) is 1.07. The van der Waals surface area contributed by atoms with Gasteiger partial charge in [-0.25, -0.2) is 0 Å². The highest BCUT2D eigenvalue weighted by Crippen LogP contribution is 2.30. The van der Waals surface area contributed by atoms with Gasteiger partial charge in [0, 0.05) is 5.02 Å². The fourth-order valence-electron chi connectivity index (χ4n) is 2.10. The molecule has 0 aliphatic carbocycles. The smallest absolute Gasteiger partial charge is 0.262 e. The van der Waals surface area contributed by atoms with Crippen LogP contribution in [-0.2, 0) is 4.79 Å². The van der Waals surface area contributed by atoms with Crippen LogP contribution in [-0.4, -0.2) is 12.5 Å². The number of amides is 1. The summed E-state index contributed by atoms with van der Waals surface area (Å²) in [7, 11) is 0. The first kappa shape index (κ1) is 19.1. The van der Waals surface area contributed by atoms with Crippen LogP contribution in [0.15, 0.2) is 40.9 Å². The molecule has 0 fully saturated rings. The molecule has 1 atom stereocenters. The minimum absolute atomic E-state index is 0.111. The molecule has 6 heteroatoms. The zero-order chi connectivity index (χ0) is 17.7. The molecule has 0 heterocycles. The second-order valence-corrected chi connectivity index (χ2v) is 7.16. The van der Waals surface area contributed by atoms with Crippen molar-refractivity contribution in [3.05, 3.63) is 56.5 Å². The molecule has 0 radical (unpaired) electrons. The highest BCUT2D eigenvalue weighted by molar-refractivity contribution is 9.10. The van der Waals surface area contributed by atoms with Crippen LogP contribution in [0, 0.1) is 0 Å². The second-order valence-electron chi connectivity index (χ2n) is 5.46. The maximum atomic E-state index is 12.0. The zero-order valence-electron chi connectivity index (χ0n) is 13.4. The Balaban J connectivity index is 1.96. The van der Waals surface area contributed by atoms with Crippen molar-refractivity contribution in [2.45, 2.75) is 26.2 Å². The highest BCUT2D eigenvalue weighted by Gasteiger charge is 2.10. The molecule has 0 saturated carbocycles. The van der Waals surface area contributed by atoms with Crippen LogP contribution < -0.4 is 10.1 Å². The van der Waals surface area contributed by atoms with Gasteiger partial charge in [0.2, 0.25) is 0 Å². The molecule has 1 N–H and O–H groups in total. The van der Waals surface area contributed by atoms with E-state index in [1.165, 1.54) is 5.56 Å². The van der Waals surface area contributed by atoms with E-state index in [9.17, 15) is 4.79 Å². The molecule has 0 aliphatic rings. The standard InChI is InChI=1S/C18H18BrCl2NO2/c1-3-11(2)12-4-7-17(14(19)8-12)24-10-18(23)22-16-6-5-13(20)9-15(16)21/h4-9,11H,3,10H2,1-2H3,(H,22,23). The Labute approximate surface area is 160 Å². The Morgan fingerprint density at radius 1 is 1.25 bits per heavy atom. The fourth-order valence-corrected chi connectivity index (χ4v) is 3.06. The third kappa shape index (κ3) is 5.13. The van der Waals surface area contributed by atoms with E-state index in [-0.39, 0.29) is 12.5 Å². The Hall–Kier alpha value is -1.23. The molecule has 1 unspecified atom stereocenters. The Morgan fingerprint density at radius 2 is 2.00 bits per heavy atom. The summed E-state index contributed by atoms with van der Waals surface area (Å²) in [5.41, 5.74) is 1.73. The highest BCUT2D eigenvalue weighted by atomic mass is 79.9. The average Bonchev–Trinajstić information content (AvgIpc) is 2.55. The van der Waals surface area contributed by atoms with E-state index < -0.39 is 0 Å². The summed E-state index contributed by atoms with van der Waals surface area (Å²) in [6.45, 7) is 4.21. The number of rotatable bonds is 6. The molecular formula is C18H18BrCl2NO2. The van der Waals surface area contributed by atoms with Gasteiger partial charge in [-0.1, -0.05) is 43.1 Å². The molecule has 0 aromatic heterocycles. The third-order valence-electron chi connectivity index (χ3n) is 3.70. The van der Waals surface area contributed by atoms with Crippen molar-refractivity contribution in [2.24, 2.45) is 0 Å². The molecule has 0 aliphatic heterocycles. The van der Waals surface area contributed by atoms with E-state index in [2.05, 4.69) is 35.1 Å². The quantitative estimate of drug-likeness (QED) is 0.584. The summed E-state index contributed by atoms with van der Waals surface area (Å²) in [5.74, 6) is 0.808. The van der Waals surface area contributed by atoms with E-state index >= 15 is 0 Å². The van der Waals surface area contributed by atoms with Gasteiger partial charge in [-0.2, -0.15) is 0 Å². The number of nitrogens with one attached hydrogen (secondary N) is 1. The van der Waals surface area contributed by atoms with Gasteiger partial charge in [-0.15, -0.1) is 0 Å². The molecule has 128 valence electrons. The van der Waals surface area contributed by atoms with Crippen molar-refractivity contribution in [1.82, 2.24) is 0 Å². The van der Waals surface area contributed by atoms with Crippen LogP contribution in [0.3, 0.4) is 0 Å². The molecule has 0 bridgehead atoms. The van der Waals surface area contributed by atoms with Gasteiger partial charge in [0.05, 0.1) is 15.2 Å². The summed E-state index contributed by atoms with van der Waals surface area (Å²) in [6, 6.07) is 10.8. The minimum atomic E-state index is -0.294. The molecule has 2 rings (SSSR count). The first-order valence-electron chi connectivity index (χ1n) is 7.57. The number of benzene rings is 2. The van der Waals surface area contributed by atoms with Crippen molar-refractivity contribution >= 4 is 50.7 Å². The molecule has 1 amide bonds. The lowest BCUT2D eigenvalue weighted by Crippen LogP contribution is -2.20. The van der Waals surface area contributed by atoms with Gasteiger partial charge < -0.3 is 10.1 Å². The minimum Gasteiger partial charge on any atom is -0.483 e. The van der Waals surface area contributed by atoms with Gasteiger partial charge in [0.15, 0.2) is 6.61 Å². The fraction of sp³-hybridized carbons (Fsp3) is 0.278. The SMILES string of the molecule is CCC(C)c1ccc(OCC(=O)Nc2ccc(Cl)cc2Cl)c(Br)c1. The van der Waals surface area contributed by atoms with Crippen molar-refractivity contribution in [1.29, 1.82) is 0 Å². The summed E-state index contributed by atoms with van der Waals surface area (Å²) in [4.78, 5) is 12.0. The number of hydrogen-bond donors (Lipinski definition) is 1. The van der Waals surface area contributed by atoms with E-state index in [0.29, 0.717) is 27.4 Å². The monoisotopic (exact) mass is 429 g/mol. The Bertz CT molecular complexity index is 737. The predicted molar refractivity (Wildman–Crippen MR) is 103 cm³/mol. The topological polar surface area (TPSA) is 38.3 Å². The van der Waals surface area contributed by atoms with Crippen LogP contribution in [0.2, 0.25) is 10.0 Å². The Morgan fingerprint density at radius 3 is 2.62 bits per heavy atom. The van der Waals surface area contributed by atoms with Crippen molar-refractivity contribution < 1.29 is 9.53 Å². The lowest BCUT2D eigenvalue weighted by Gasteiger charge is -2.13. The van der Waals surface area contributed by atoms with Crippen LogP contribution in [0.25, 0.3) is 0 Å². The first-order chi connectivity index (χ1) is 11.4. The van der Waals surface area contributed by atoms with Gasteiger partial charge in [0.1, 0.15) is 5.75 Å². The molecule has 2 aromatic carbocycles. The third-order valence-corrected chi connectivity index (χ3v) is 4.87. The number of halogens is 3. The first-order valence-corrected chi connectivity index (χ1v) is 9.12. The second kappa shape index (κ2) is 8.75. The zero-order valence-corrected chi connectivity index (χ0v) is 16.5. The average molecular weight is 431 g/mol. The number of carbonyl (C=O) groups excluding carboxylic acids is 1. The van der Waals surface area contributed by atoms with Crippen molar-refractivity contribution in [3.63, 3.8) is 0 Å². The summed E-state index contributed by atoms with van der Waals surface area (Å²) in [5, 5.41) is 3.59. The van der Waals surface area contributed by atoms with Crippen LogP contribution in [0.5, 0.6) is 5.75 Å². The molecule has 2 aromatic rings. The Kier molecular flexibility index (Phi) is 6.96. The van der Waals surface area contributed by atoms with Gasteiger partial charge >= 0.3 is 0 Å². The van der Waals surface area contributed by atoms with Gasteiger partial charge in [-0.3, -0.25) is 4.79 Å². The van der Waals surface area contributed by atoms with Gasteiger partial charge in [-0.05, 0) is 64.2 Å². The number of anilines is 1. The van der Waals surface area contributed by atoms with Crippen molar-refractivity contribution in [2.75, 3.05) is 11.9 Å². The van der Waals surface area contributed by atoms with Crippen LogP contribution in [0.4, 0.5) is 5.69 Å². The van der Waals surface area contributed by atoms with E-state index in [1.807, 2.05) is 18.2 Å². The number of hydrogen-bond acceptors (Lipinski definition) is 2. The maximum Gasteiger partial charge on any atom is 0.262 e. The number of ether oxygens (including phenoxy) is 1. The molecule has 0 spiro atoms. The normalized spacial score (nSPS) is 11.9. The van der Waals surface area contributed by atoms with Crippen LogP contribution in [0.1, 0.15) is 31.7 Å². The molecular weight excluding hydrogens is 413 g/mol. The van der Waals surface area contributed by atoms with Crippen molar-refractivity contribution in [3.8, 4) is 5.75 Å². The van der Waals surface area contributed by atoms with Gasteiger partial charge in [0.25, 0.3) is 5.91 Å². The van der Waals surface area contributed by atoms with E-state index in [4.69, 9.17) is 27.9 Å². The summed E-state index contributed by atoms with van der Waals surface area (Å²) >= 11 is 15.3. The number of carbonyl (C=O) groups is 1. The lowest BCUT2D eigenvalue weighted by atomic mass is 9.99. The van der Waals surface area contributed by atoms with E-state index in [0.717, 1.165) is 10.9 Å². The molecule has 0 saturated heterocycles. The lowest BCUT2D eigenvalue weighted by molar-refractivity contribution is -0.118. The summed E-state index contributed by atoms with van der Waals surface area (Å²) < 4.78 is 6.41.